The van der Waals surface area contributed by atoms with Crippen LogP contribution in [0, 0.1) is 11.3 Å². The summed E-state index contributed by atoms with van der Waals surface area (Å²) in [4.78, 5) is 1.81. The first kappa shape index (κ1) is 7.38. The van der Waals surface area contributed by atoms with Crippen molar-refractivity contribution in [1.29, 1.82) is 5.41 Å². The lowest BCUT2D eigenvalue weighted by molar-refractivity contribution is 0.257. The van der Waals surface area contributed by atoms with Gasteiger partial charge in [0.25, 0.3) is 0 Å². The topological polar surface area (TPSA) is 53.1 Å². The summed E-state index contributed by atoms with van der Waals surface area (Å²) in [7, 11) is 1.88. The van der Waals surface area contributed by atoms with Crippen molar-refractivity contribution in [2.24, 2.45) is 11.7 Å². The first-order valence-electron chi connectivity index (χ1n) is 3.75. The normalized spacial score (nSPS) is 18.1. The zero-order valence-corrected chi connectivity index (χ0v) is 6.43. The van der Waals surface area contributed by atoms with E-state index in [-0.39, 0.29) is 5.96 Å². The second-order valence-corrected chi connectivity index (χ2v) is 3.06. The van der Waals surface area contributed by atoms with E-state index in [1.165, 1.54) is 19.3 Å². The van der Waals surface area contributed by atoms with Gasteiger partial charge in [-0.05, 0) is 18.8 Å². The minimum absolute atomic E-state index is 0.187. The van der Waals surface area contributed by atoms with Gasteiger partial charge in [0.05, 0.1) is 0 Å². The Morgan fingerprint density at radius 2 is 2.30 bits per heavy atom. The van der Waals surface area contributed by atoms with E-state index in [0.717, 1.165) is 12.5 Å². The lowest BCUT2D eigenvalue weighted by atomic mass is 9.85. The molecule has 0 aromatic heterocycles. The Balaban J connectivity index is 2.16. The predicted octanol–water partition coefficient (Wildman–Crippen LogP) is 0.612. The molecule has 0 saturated heterocycles. The van der Waals surface area contributed by atoms with E-state index in [1.807, 2.05) is 11.9 Å². The molecular formula is C7H15N3. The molecule has 0 atom stereocenters. The van der Waals surface area contributed by atoms with Gasteiger partial charge in [-0.3, -0.25) is 5.41 Å². The Hall–Kier alpha value is -0.730. The first-order chi connectivity index (χ1) is 4.70. The standard InChI is InChI=1S/C7H15N3/c1-10(7(8)9)5-6-3-2-4-6/h6H,2-5H2,1H3,(H3,8,9). The molecule has 0 aromatic carbocycles. The zero-order chi connectivity index (χ0) is 7.56. The van der Waals surface area contributed by atoms with E-state index in [2.05, 4.69) is 0 Å². The average Bonchev–Trinajstić information content (AvgIpc) is 1.77. The Kier molecular flexibility index (Phi) is 2.14. The maximum absolute atomic E-state index is 7.10. The molecule has 0 aliphatic heterocycles. The van der Waals surface area contributed by atoms with E-state index in [9.17, 15) is 0 Å². The quantitative estimate of drug-likeness (QED) is 0.437. The summed E-state index contributed by atoms with van der Waals surface area (Å²) < 4.78 is 0. The number of nitrogens with one attached hydrogen (secondary N) is 1. The maximum atomic E-state index is 7.10. The Morgan fingerprint density at radius 1 is 1.70 bits per heavy atom. The number of guanidine groups is 1. The van der Waals surface area contributed by atoms with Crippen molar-refractivity contribution in [2.45, 2.75) is 19.3 Å². The van der Waals surface area contributed by atoms with Crippen molar-refractivity contribution < 1.29 is 0 Å². The summed E-state index contributed by atoms with van der Waals surface area (Å²) in [5, 5.41) is 7.10. The van der Waals surface area contributed by atoms with Crippen LogP contribution < -0.4 is 5.73 Å². The van der Waals surface area contributed by atoms with Crippen molar-refractivity contribution in [2.75, 3.05) is 13.6 Å². The molecule has 1 aliphatic rings. The van der Waals surface area contributed by atoms with Gasteiger partial charge < -0.3 is 10.6 Å². The highest BCUT2D eigenvalue weighted by molar-refractivity contribution is 5.74. The summed E-state index contributed by atoms with van der Waals surface area (Å²) in [6.45, 7) is 0.968. The van der Waals surface area contributed by atoms with Gasteiger partial charge in [0, 0.05) is 13.6 Å². The SMILES string of the molecule is CN(CC1CCC1)C(=N)N. The molecule has 1 fully saturated rings. The lowest BCUT2D eigenvalue weighted by Crippen LogP contribution is -2.38. The van der Waals surface area contributed by atoms with Crippen molar-refractivity contribution in [1.82, 2.24) is 4.90 Å². The third-order valence-electron chi connectivity index (χ3n) is 2.17. The van der Waals surface area contributed by atoms with Crippen LogP contribution in [0.15, 0.2) is 0 Å². The zero-order valence-electron chi connectivity index (χ0n) is 6.43. The second-order valence-electron chi connectivity index (χ2n) is 3.06. The third-order valence-corrected chi connectivity index (χ3v) is 2.17. The molecular weight excluding hydrogens is 126 g/mol. The lowest BCUT2D eigenvalue weighted by Gasteiger charge is -2.30. The third kappa shape index (κ3) is 1.62. The molecule has 3 nitrogen and oxygen atoms in total. The molecule has 0 unspecified atom stereocenters. The first-order valence-corrected chi connectivity index (χ1v) is 3.75. The summed E-state index contributed by atoms with van der Waals surface area (Å²) >= 11 is 0. The predicted molar refractivity (Wildman–Crippen MR) is 41.9 cm³/mol. The summed E-state index contributed by atoms with van der Waals surface area (Å²) in [6, 6.07) is 0. The largest absolute Gasteiger partial charge is 0.370 e. The van der Waals surface area contributed by atoms with Crippen LogP contribution in [0.4, 0.5) is 0 Å². The fourth-order valence-corrected chi connectivity index (χ4v) is 1.16. The highest BCUT2D eigenvalue weighted by Gasteiger charge is 2.19. The van der Waals surface area contributed by atoms with Gasteiger partial charge in [0.1, 0.15) is 0 Å². The molecule has 1 saturated carbocycles. The van der Waals surface area contributed by atoms with E-state index in [1.54, 1.807) is 0 Å². The molecule has 58 valence electrons. The van der Waals surface area contributed by atoms with Gasteiger partial charge in [-0.2, -0.15) is 0 Å². The van der Waals surface area contributed by atoms with E-state index in [0.29, 0.717) is 0 Å². The van der Waals surface area contributed by atoms with Gasteiger partial charge >= 0.3 is 0 Å². The van der Waals surface area contributed by atoms with E-state index >= 15 is 0 Å². The summed E-state index contributed by atoms with van der Waals surface area (Å²) in [6.07, 6.45) is 3.99. The van der Waals surface area contributed by atoms with Crippen LogP contribution >= 0.6 is 0 Å². The van der Waals surface area contributed by atoms with Crippen molar-refractivity contribution in [3.8, 4) is 0 Å². The molecule has 0 heterocycles. The summed E-state index contributed by atoms with van der Waals surface area (Å²) in [5.74, 6) is 0.987. The number of hydrogen-bond donors (Lipinski definition) is 2. The number of nitrogens with zero attached hydrogens (tertiary/aromatic N) is 1. The molecule has 0 bridgehead atoms. The van der Waals surface area contributed by atoms with Gasteiger partial charge in [0.2, 0.25) is 0 Å². The Labute approximate surface area is 61.7 Å². The summed E-state index contributed by atoms with van der Waals surface area (Å²) in [5.41, 5.74) is 5.27. The molecule has 0 radical (unpaired) electrons. The molecule has 0 spiro atoms. The molecule has 0 aromatic rings. The van der Waals surface area contributed by atoms with Crippen LogP contribution in [-0.2, 0) is 0 Å². The van der Waals surface area contributed by atoms with Crippen LogP contribution in [0.5, 0.6) is 0 Å². The van der Waals surface area contributed by atoms with Gasteiger partial charge in [-0.25, -0.2) is 0 Å². The number of nitrogens with two attached hydrogens (primary N) is 1. The van der Waals surface area contributed by atoms with Crippen molar-refractivity contribution in [3.63, 3.8) is 0 Å². The minimum Gasteiger partial charge on any atom is -0.370 e. The molecule has 3 N–H and O–H groups in total. The van der Waals surface area contributed by atoms with Gasteiger partial charge in [-0.15, -0.1) is 0 Å². The Bertz CT molecular complexity index is 129. The fraction of sp³-hybridized carbons (Fsp3) is 0.857. The number of hydrogen-bond acceptors (Lipinski definition) is 1. The van der Waals surface area contributed by atoms with Gasteiger partial charge in [-0.1, -0.05) is 6.42 Å². The molecule has 1 aliphatic carbocycles. The molecule has 1 rings (SSSR count). The van der Waals surface area contributed by atoms with Crippen molar-refractivity contribution in [3.05, 3.63) is 0 Å². The van der Waals surface area contributed by atoms with Gasteiger partial charge in [0.15, 0.2) is 5.96 Å². The highest BCUT2D eigenvalue weighted by atomic mass is 15.2. The Morgan fingerprint density at radius 3 is 2.60 bits per heavy atom. The minimum atomic E-state index is 0.187. The average molecular weight is 141 g/mol. The second kappa shape index (κ2) is 2.90. The van der Waals surface area contributed by atoms with E-state index in [4.69, 9.17) is 11.1 Å². The monoisotopic (exact) mass is 141 g/mol. The fourth-order valence-electron chi connectivity index (χ4n) is 1.16. The smallest absolute Gasteiger partial charge is 0.188 e. The molecule has 10 heavy (non-hydrogen) atoms. The van der Waals surface area contributed by atoms with E-state index < -0.39 is 0 Å². The molecule has 3 heteroatoms. The van der Waals surface area contributed by atoms with Crippen molar-refractivity contribution >= 4 is 5.96 Å². The highest BCUT2D eigenvalue weighted by Crippen LogP contribution is 2.26. The van der Waals surface area contributed by atoms with Crippen LogP contribution in [0.3, 0.4) is 0 Å². The van der Waals surface area contributed by atoms with Crippen LogP contribution in [0.25, 0.3) is 0 Å². The maximum Gasteiger partial charge on any atom is 0.188 e. The number of rotatable bonds is 2. The molecule has 0 amide bonds. The van der Waals surface area contributed by atoms with Crippen LogP contribution in [-0.4, -0.2) is 24.5 Å². The van der Waals surface area contributed by atoms with Crippen LogP contribution in [0.2, 0.25) is 0 Å². The van der Waals surface area contributed by atoms with Crippen LogP contribution in [0.1, 0.15) is 19.3 Å².